The van der Waals surface area contributed by atoms with Crippen molar-refractivity contribution in [3.63, 3.8) is 0 Å². The molecule has 27 heavy (non-hydrogen) atoms. The number of sulfone groups is 2. The van der Waals surface area contributed by atoms with Crippen molar-refractivity contribution in [2.45, 2.75) is 46.5 Å². The van der Waals surface area contributed by atoms with E-state index < -0.39 is 30.2 Å². The van der Waals surface area contributed by atoms with E-state index >= 15 is 0 Å². The third-order valence-corrected chi connectivity index (χ3v) is 10.1. The predicted octanol–water partition coefficient (Wildman–Crippen LogP) is 3.41. The summed E-state index contributed by atoms with van der Waals surface area (Å²) >= 11 is 0. The summed E-state index contributed by atoms with van der Waals surface area (Å²) in [7, 11) is -8.34. The van der Waals surface area contributed by atoms with Gasteiger partial charge in [-0.25, -0.2) is 16.8 Å². The zero-order valence-electron chi connectivity index (χ0n) is 14.8. The molecule has 0 amide bonds. The summed E-state index contributed by atoms with van der Waals surface area (Å²) in [4.78, 5) is 12.2. The Balaban J connectivity index is 2.08. The van der Waals surface area contributed by atoms with Crippen molar-refractivity contribution in [3.8, 4) is 0 Å². The molecule has 1 aliphatic rings. The third-order valence-electron chi connectivity index (χ3n) is 4.99. The van der Waals surface area contributed by atoms with Crippen molar-refractivity contribution in [2.75, 3.05) is 0 Å². The number of carbonyl (C=O) groups is 1. The highest BCUT2D eigenvalue weighted by Gasteiger charge is 2.42. The van der Waals surface area contributed by atoms with Gasteiger partial charge < -0.3 is 0 Å². The summed E-state index contributed by atoms with van der Waals surface area (Å²) in [6, 6.07) is 15.2. The van der Waals surface area contributed by atoms with E-state index in [2.05, 4.69) is 0 Å². The second-order valence-electron chi connectivity index (χ2n) is 6.79. The van der Waals surface area contributed by atoms with E-state index in [1.54, 1.807) is 36.4 Å². The van der Waals surface area contributed by atoms with Crippen molar-refractivity contribution in [3.05, 3.63) is 60.7 Å². The van der Waals surface area contributed by atoms with E-state index in [1.807, 2.05) is 0 Å². The maximum absolute atomic E-state index is 13.2. The lowest BCUT2D eigenvalue weighted by molar-refractivity contribution is -0.124. The number of benzene rings is 2. The Morgan fingerprint density at radius 3 is 1.70 bits per heavy atom. The zero-order chi connectivity index (χ0) is 19.5. The Hall–Kier alpha value is -1.99. The van der Waals surface area contributed by atoms with Gasteiger partial charge in [-0.1, -0.05) is 42.8 Å². The largest absolute Gasteiger partial charge is 0.299 e. The molecule has 144 valence electrons. The van der Waals surface area contributed by atoms with Crippen LogP contribution in [-0.4, -0.2) is 27.2 Å². The summed E-state index contributed by atoms with van der Waals surface area (Å²) in [5.41, 5.74) is 0. The molecule has 0 heterocycles. The Bertz CT molecular complexity index is 927. The molecule has 1 fully saturated rings. The van der Waals surface area contributed by atoms with Gasteiger partial charge in [-0.15, -0.1) is 0 Å². The fourth-order valence-electron chi connectivity index (χ4n) is 3.48. The first-order valence-electron chi connectivity index (χ1n) is 8.94. The van der Waals surface area contributed by atoms with Gasteiger partial charge in [0.2, 0.25) is 0 Å². The van der Waals surface area contributed by atoms with Crippen LogP contribution in [0.1, 0.15) is 32.1 Å². The van der Waals surface area contributed by atoms with Crippen LogP contribution in [0.5, 0.6) is 0 Å². The second kappa shape index (κ2) is 7.94. The van der Waals surface area contributed by atoms with E-state index in [1.165, 1.54) is 24.3 Å². The van der Waals surface area contributed by atoms with Gasteiger partial charge in [-0.2, -0.15) is 0 Å². The van der Waals surface area contributed by atoms with E-state index in [9.17, 15) is 21.6 Å². The molecule has 0 spiro atoms. The van der Waals surface area contributed by atoms with Crippen LogP contribution in [0.4, 0.5) is 0 Å². The summed E-state index contributed by atoms with van der Waals surface area (Å²) in [6.07, 6.45) is 2.29. The highest BCUT2D eigenvalue weighted by atomic mass is 32.3. The molecule has 0 aromatic heterocycles. The summed E-state index contributed by atoms with van der Waals surface area (Å²) in [5, 5.41) is 0. The number of rotatable bonds is 6. The maximum Gasteiger partial charge on any atom is 0.195 e. The van der Waals surface area contributed by atoms with Gasteiger partial charge in [0, 0.05) is 12.3 Å². The van der Waals surface area contributed by atoms with Crippen LogP contribution >= 0.6 is 0 Å². The van der Waals surface area contributed by atoms with Crippen LogP contribution < -0.4 is 0 Å². The lowest BCUT2D eigenvalue weighted by atomic mass is 9.86. The molecule has 0 radical (unpaired) electrons. The van der Waals surface area contributed by atoms with Crippen LogP contribution in [-0.2, 0) is 24.5 Å². The molecule has 5 nitrogen and oxygen atoms in total. The normalized spacial score (nSPS) is 18.6. The minimum atomic E-state index is -4.17. The van der Waals surface area contributed by atoms with E-state index in [-0.39, 0.29) is 22.0 Å². The number of hydrogen-bond donors (Lipinski definition) is 0. The number of hydrogen-bond acceptors (Lipinski definition) is 5. The molecule has 0 saturated heterocycles. The topological polar surface area (TPSA) is 85.3 Å². The number of ketones is 1. The Kier molecular flexibility index (Phi) is 5.81. The molecule has 0 aliphatic heterocycles. The van der Waals surface area contributed by atoms with Gasteiger partial charge in [0.05, 0.1) is 9.79 Å². The fraction of sp³-hybridized carbons (Fsp3) is 0.350. The molecule has 2 aromatic carbocycles. The predicted molar refractivity (Wildman–Crippen MR) is 103 cm³/mol. The first kappa shape index (κ1) is 19.8. The first-order chi connectivity index (χ1) is 12.8. The van der Waals surface area contributed by atoms with Crippen LogP contribution in [0.25, 0.3) is 0 Å². The van der Waals surface area contributed by atoms with Crippen molar-refractivity contribution >= 4 is 25.5 Å². The Labute approximate surface area is 160 Å². The van der Waals surface area contributed by atoms with Crippen molar-refractivity contribution in [1.29, 1.82) is 0 Å². The van der Waals surface area contributed by atoms with Crippen LogP contribution in [0.3, 0.4) is 0 Å². The van der Waals surface area contributed by atoms with Crippen molar-refractivity contribution in [2.24, 2.45) is 5.92 Å². The first-order valence-corrected chi connectivity index (χ1v) is 12.0. The molecule has 3 rings (SSSR count). The lowest BCUT2D eigenvalue weighted by Crippen LogP contribution is -2.35. The highest BCUT2D eigenvalue weighted by molar-refractivity contribution is 8.09. The van der Waals surface area contributed by atoms with Crippen molar-refractivity contribution < 1.29 is 21.6 Å². The average molecular weight is 407 g/mol. The lowest BCUT2D eigenvalue weighted by Gasteiger charge is -2.25. The van der Waals surface area contributed by atoms with E-state index in [0.717, 1.165) is 12.8 Å². The quantitative estimate of drug-likeness (QED) is 0.734. The molecule has 1 aliphatic carbocycles. The van der Waals surface area contributed by atoms with Crippen molar-refractivity contribution in [1.82, 2.24) is 0 Å². The fourth-order valence-corrected chi connectivity index (χ4v) is 8.13. The van der Waals surface area contributed by atoms with Gasteiger partial charge in [-0.3, -0.25) is 4.79 Å². The molecule has 2 aromatic rings. The molecular weight excluding hydrogens is 384 g/mol. The van der Waals surface area contributed by atoms with Gasteiger partial charge in [0.25, 0.3) is 0 Å². The zero-order valence-corrected chi connectivity index (χ0v) is 16.5. The molecule has 0 bridgehead atoms. The standard InChI is InChI=1S/C20H22O5S2/c21-19-14-8-7-9-16(19)15-20(26(22,23)17-10-3-1-4-11-17)27(24,25)18-12-5-2-6-13-18/h1-6,10-13,16,20H,7-9,14-15H2/t16-/m1/s1. The smallest absolute Gasteiger partial charge is 0.195 e. The third kappa shape index (κ3) is 4.14. The van der Waals surface area contributed by atoms with Gasteiger partial charge in [0.1, 0.15) is 5.78 Å². The van der Waals surface area contributed by atoms with E-state index in [0.29, 0.717) is 12.8 Å². The molecule has 0 N–H and O–H groups in total. The molecular formula is C20H22O5S2. The number of Topliss-reactive ketones (excluding diaryl/α,β-unsaturated/α-hetero) is 1. The Morgan fingerprint density at radius 2 is 1.26 bits per heavy atom. The van der Waals surface area contributed by atoms with Gasteiger partial charge in [0.15, 0.2) is 24.3 Å². The van der Waals surface area contributed by atoms with Gasteiger partial charge in [-0.05, 0) is 43.5 Å². The minimum Gasteiger partial charge on any atom is -0.299 e. The molecule has 7 heteroatoms. The van der Waals surface area contributed by atoms with E-state index in [4.69, 9.17) is 0 Å². The average Bonchev–Trinajstić information content (AvgIpc) is 2.68. The highest BCUT2D eigenvalue weighted by Crippen LogP contribution is 2.34. The SMILES string of the molecule is O=C1CCCC[C@@H]1CC(S(=O)(=O)c1ccccc1)S(=O)(=O)c1ccccc1. The maximum atomic E-state index is 13.2. The van der Waals surface area contributed by atoms with Gasteiger partial charge >= 0.3 is 0 Å². The Morgan fingerprint density at radius 1 is 0.778 bits per heavy atom. The summed E-state index contributed by atoms with van der Waals surface area (Å²) < 4.78 is 51.3. The van der Waals surface area contributed by atoms with Crippen LogP contribution in [0, 0.1) is 5.92 Å². The molecule has 1 atom stereocenters. The molecule has 0 unspecified atom stereocenters. The number of carbonyl (C=O) groups excluding carboxylic acids is 1. The monoisotopic (exact) mass is 406 g/mol. The molecule has 1 saturated carbocycles. The minimum absolute atomic E-state index is 0.0437. The van der Waals surface area contributed by atoms with Crippen LogP contribution in [0.15, 0.2) is 70.5 Å². The summed E-state index contributed by atoms with van der Waals surface area (Å²) in [5.74, 6) is -0.585. The van der Waals surface area contributed by atoms with Crippen LogP contribution in [0.2, 0.25) is 0 Å². The summed E-state index contributed by atoms with van der Waals surface area (Å²) in [6.45, 7) is 0. The second-order valence-corrected chi connectivity index (χ2v) is 11.3.